The smallest absolute Gasteiger partial charge is 0.123 e. The Balaban J connectivity index is 1.89. The van der Waals surface area contributed by atoms with Gasteiger partial charge in [-0.25, -0.2) is 4.39 Å². The van der Waals surface area contributed by atoms with Crippen molar-refractivity contribution in [2.24, 2.45) is 0 Å². The van der Waals surface area contributed by atoms with E-state index in [-0.39, 0.29) is 5.82 Å². The number of aromatic nitrogens is 1. The number of hydrogen-bond acceptors (Lipinski definition) is 1. The highest BCUT2D eigenvalue weighted by Crippen LogP contribution is 2.46. The van der Waals surface area contributed by atoms with E-state index >= 15 is 0 Å². The van der Waals surface area contributed by atoms with Crippen LogP contribution in [0.5, 0.6) is 0 Å². The molecule has 0 radical (unpaired) electrons. The number of aryl methyl sites for hydroxylation is 1. The van der Waals surface area contributed by atoms with Gasteiger partial charge in [-0.05, 0) is 55.3 Å². The van der Waals surface area contributed by atoms with E-state index in [1.54, 1.807) is 6.07 Å². The topological polar surface area (TPSA) is 27.8 Å². The van der Waals surface area contributed by atoms with Crippen molar-refractivity contribution >= 4 is 10.9 Å². The predicted molar refractivity (Wildman–Crippen MR) is 87.7 cm³/mol. The van der Waals surface area contributed by atoms with Gasteiger partial charge in [0.2, 0.25) is 0 Å². The molecule has 2 N–H and O–H groups in total. The molecule has 0 saturated carbocycles. The summed E-state index contributed by atoms with van der Waals surface area (Å²) in [5.41, 5.74) is 6.19. The Hall–Kier alpha value is -2.13. The molecule has 1 aliphatic carbocycles. The average molecular weight is 294 g/mol. The number of halogens is 1. The van der Waals surface area contributed by atoms with Crippen molar-refractivity contribution in [2.45, 2.75) is 25.3 Å². The number of H-pyrrole nitrogens is 1. The molecular formula is C19H19FN2. The molecule has 22 heavy (non-hydrogen) atoms. The van der Waals surface area contributed by atoms with Crippen LogP contribution in [0.3, 0.4) is 0 Å². The van der Waals surface area contributed by atoms with E-state index in [1.165, 1.54) is 28.3 Å². The highest BCUT2D eigenvalue weighted by Gasteiger charge is 2.32. The summed E-state index contributed by atoms with van der Waals surface area (Å²) in [5, 5.41) is 4.40. The van der Waals surface area contributed by atoms with Gasteiger partial charge in [-0.1, -0.05) is 23.8 Å². The molecule has 2 nitrogen and oxygen atoms in total. The predicted octanol–water partition coefficient (Wildman–Crippen LogP) is 4.41. The molecule has 0 spiro atoms. The Morgan fingerprint density at radius 3 is 2.77 bits per heavy atom. The zero-order valence-corrected chi connectivity index (χ0v) is 12.8. The molecule has 2 atom stereocenters. The van der Waals surface area contributed by atoms with Crippen LogP contribution in [0, 0.1) is 12.7 Å². The monoisotopic (exact) mass is 294 g/mol. The highest BCUT2D eigenvalue weighted by atomic mass is 19.1. The molecule has 0 saturated heterocycles. The number of nitrogens with one attached hydrogen (secondary N) is 2. The van der Waals surface area contributed by atoms with Crippen molar-refractivity contribution in [3.8, 4) is 0 Å². The Labute approximate surface area is 129 Å². The first-order valence-corrected chi connectivity index (χ1v) is 7.71. The lowest BCUT2D eigenvalue weighted by molar-refractivity contribution is 0.565. The second-order valence-corrected chi connectivity index (χ2v) is 6.20. The van der Waals surface area contributed by atoms with Crippen LogP contribution in [0.2, 0.25) is 0 Å². The molecule has 112 valence electrons. The van der Waals surface area contributed by atoms with Crippen molar-refractivity contribution in [3.05, 3.63) is 70.7 Å². The Bertz CT molecular complexity index is 850. The number of hydrogen-bond donors (Lipinski definition) is 2. The maximum absolute atomic E-state index is 13.7. The molecular weight excluding hydrogens is 275 g/mol. The van der Waals surface area contributed by atoms with Crippen molar-refractivity contribution in [1.82, 2.24) is 10.3 Å². The Kier molecular flexibility index (Phi) is 3.05. The van der Waals surface area contributed by atoms with E-state index in [2.05, 4.69) is 35.4 Å². The van der Waals surface area contributed by atoms with Gasteiger partial charge in [0.05, 0.1) is 0 Å². The molecule has 0 fully saturated rings. The van der Waals surface area contributed by atoms with Crippen LogP contribution in [-0.4, -0.2) is 12.0 Å². The summed E-state index contributed by atoms with van der Waals surface area (Å²) in [6.45, 7) is 2.12. The molecule has 3 heteroatoms. The van der Waals surface area contributed by atoms with E-state index in [0.717, 1.165) is 17.3 Å². The first-order chi connectivity index (χ1) is 10.7. The van der Waals surface area contributed by atoms with Gasteiger partial charge in [0.1, 0.15) is 5.82 Å². The van der Waals surface area contributed by atoms with Gasteiger partial charge in [0, 0.05) is 29.1 Å². The summed E-state index contributed by atoms with van der Waals surface area (Å²) in [5.74, 6) is 0.129. The molecule has 3 aromatic rings. The number of rotatable bonds is 2. The van der Waals surface area contributed by atoms with Crippen molar-refractivity contribution < 1.29 is 4.39 Å². The third-order valence-electron chi connectivity index (χ3n) is 4.86. The van der Waals surface area contributed by atoms with E-state index in [1.807, 2.05) is 19.3 Å². The summed E-state index contributed by atoms with van der Waals surface area (Å²) in [4.78, 5) is 3.28. The molecule has 0 bridgehead atoms. The Morgan fingerprint density at radius 1 is 1.09 bits per heavy atom. The van der Waals surface area contributed by atoms with E-state index in [0.29, 0.717) is 12.0 Å². The van der Waals surface area contributed by atoms with Gasteiger partial charge in [-0.2, -0.15) is 0 Å². The largest absolute Gasteiger partial charge is 0.361 e. The van der Waals surface area contributed by atoms with E-state index < -0.39 is 0 Å². The zero-order valence-electron chi connectivity index (χ0n) is 12.8. The maximum Gasteiger partial charge on any atom is 0.123 e. The van der Waals surface area contributed by atoms with Gasteiger partial charge in [-0.15, -0.1) is 0 Å². The average Bonchev–Trinajstić information content (AvgIpc) is 3.07. The second kappa shape index (κ2) is 4.96. The fourth-order valence-corrected chi connectivity index (χ4v) is 3.77. The summed E-state index contributed by atoms with van der Waals surface area (Å²) in [7, 11) is 2.01. The van der Waals surface area contributed by atoms with Crippen molar-refractivity contribution in [3.63, 3.8) is 0 Å². The van der Waals surface area contributed by atoms with E-state index in [9.17, 15) is 4.39 Å². The van der Waals surface area contributed by atoms with Gasteiger partial charge in [0.25, 0.3) is 0 Å². The number of fused-ring (bicyclic) bond motifs is 2. The van der Waals surface area contributed by atoms with Crippen LogP contribution >= 0.6 is 0 Å². The number of benzene rings is 2. The molecule has 1 aromatic heterocycles. The fourth-order valence-electron chi connectivity index (χ4n) is 3.77. The van der Waals surface area contributed by atoms with Crippen LogP contribution < -0.4 is 5.32 Å². The van der Waals surface area contributed by atoms with Crippen molar-refractivity contribution in [2.75, 3.05) is 7.05 Å². The quantitative estimate of drug-likeness (QED) is 0.720. The van der Waals surface area contributed by atoms with E-state index in [4.69, 9.17) is 0 Å². The third-order valence-corrected chi connectivity index (χ3v) is 4.86. The summed E-state index contributed by atoms with van der Waals surface area (Å²) >= 11 is 0. The third kappa shape index (κ3) is 1.97. The minimum Gasteiger partial charge on any atom is -0.361 e. The molecule has 2 aromatic carbocycles. The Morgan fingerprint density at radius 2 is 1.95 bits per heavy atom. The molecule has 0 amide bonds. The number of aromatic amines is 1. The summed E-state index contributed by atoms with van der Waals surface area (Å²) in [6, 6.07) is 12.0. The second-order valence-electron chi connectivity index (χ2n) is 6.20. The van der Waals surface area contributed by atoms with Crippen molar-refractivity contribution in [1.29, 1.82) is 0 Å². The van der Waals surface area contributed by atoms with Crippen LogP contribution in [0.15, 0.2) is 42.6 Å². The van der Waals surface area contributed by atoms with Crippen LogP contribution in [0.1, 0.15) is 40.6 Å². The van der Waals surface area contributed by atoms with Gasteiger partial charge in [-0.3, -0.25) is 0 Å². The molecule has 4 rings (SSSR count). The minimum absolute atomic E-state index is 0.180. The molecule has 1 heterocycles. The van der Waals surface area contributed by atoms with Crippen LogP contribution in [0.25, 0.3) is 10.9 Å². The summed E-state index contributed by atoms with van der Waals surface area (Å²) < 4.78 is 13.7. The lowest BCUT2D eigenvalue weighted by Crippen LogP contribution is -2.13. The van der Waals surface area contributed by atoms with Gasteiger partial charge < -0.3 is 10.3 Å². The first kappa shape index (κ1) is 13.5. The standard InChI is InChI=1S/C19H19FN2/c1-11-3-5-13-14(7-11)15(9-19(13)21-2)17-10-22-18-6-4-12(20)8-16(17)18/h3-8,10,15,19,21-22H,9H2,1-2H3. The van der Waals surface area contributed by atoms with Gasteiger partial charge >= 0.3 is 0 Å². The van der Waals surface area contributed by atoms with Crippen LogP contribution in [0.4, 0.5) is 4.39 Å². The lowest BCUT2D eigenvalue weighted by Gasteiger charge is -2.11. The molecule has 1 aliphatic rings. The van der Waals surface area contributed by atoms with Gasteiger partial charge in [0.15, 0.2) is 0 Å². The lowest BCUT2D eigenvalue weighted by atomic mass is 9.92. The zero-order chi connectivity index (χ0) is 15.3. The summed E-state index contributed by atoms with van der Waals surface area (Å²) in [6.07, 6.45) is 3.05. The molecule has 0 aliphatic heterocycles. The highest BCUT2D eigenvalue weighted by molar-refractivity contribution is 5.84. The minimum atomic E-state index is -0.180. The SMILES string of the molecule is CNC1CC(c2c[nH]c3ccc(F)cc23)c2cc(C)ccc21. The fraction of sp³-hybridized carbons (Fsp3) is 0.263. The molecule has 2 unspecified atom stereocenters. The van der Waals surface area contributed by atoms with Crippen LogP contribution in [-0.2, 0) is 0 Å². The maximum atomic E-state index is 13.7. The first-order valence-electron chi connectivity index (χ1n) is 7.71. The normalized spacial score (nSPS) is 20.5.